The zero-order valence-electron chi connectivity index (χ0n) is 10.8. The Morgan fingerprint density at radius 3 is 1.21 bits per heavy atom. The molecule has 0 bridgehead atoms. The standard InChI is InChI=1S/C4H3BO9.C4H12N/c6-1(7)3(10)13-5(12)14-4(11)2(8)9;1-5(2,3)4/h12H,(H,6,7)(H,8,9);1-4H3/q;+1. The Balaban J connectivity index is 0. The third kappa shape index (κ3) is 15.9. The van der Waals surface area contributed by atoms with Crippen LogP contribution in [0.1, 0.15) is 0 Å². The highest BCUT2D eigenvalue weighted by Gasteiger charge is 2.32. The van der Waals surface area contributed by atoms with E-state index in [9.17, 15) is 19.2 Å². The van der Waals surface area contributed by atoms with Gasteiger partial charge in [-0.25, -0.2) is 19.2 Å². The molecule has 0 aromatic rings. The maximum atomic E-state index is 10.2. The van der Waals surface area contributed by atoms with E-state index in [4.69, 9.17) is 15.2 Å². The molecule has 0 rings (SSSR count). The normalized spacial score (nSPS) is 9.53. The van der Waals surface area contributed by atoms with Crippen LogP contribution in [-0.2, 0) is 28.5 Å². The van der Waals surface area contributed by atoms with Crippen molar-refractivity contribution in [1.82, 2.24) is 0 Å². The molecule has 0 aliphatic heterocycles. The summed E-state index contributed by atoms with van der Waals surface area (Å²) in [6.07, 6.45) is 0. The van der Waals surface area contributed by atoms with E-state index in [0.717, 1.165) is 4.48 Å². The fourth-order valence-electron chi connectivity index (χ4n) is 0.308. The first-order chi connectivity index (χ1) is 8.34. The Bertz CT molecular complexity index is 328. The predicted octanol–water partition coefficient (Wildman–Crippen LogP) is -2.46. The average molecular weight is 280 g/mol. The first-order valence-corrected chi connectivity index (χ1v) is 4.69. The molecule has 10 nitrogen and oxygen atoms in total. The lowest BCUT2D eigenvalue weighted by Gasteiger charge is -2.14. The summed E-state index contributed by atoms with van der Waals surface area (Å²) < 4.78 is 8.09. The van der Waals surface area contributed by atoms with Crippen LogP contribution in [0.5, 0.6) is 0 Å². The van der Waals surface area contributed by atoms with Gasteiger partial charge in [-0.2, -0.15) is 0 Å². The summed E-state index contributed by atoms with van der Waals surface area (Å²) in [6, 6.07) is 0. The van der Waals surface area contributed by atoms with Crippen LogP contribution in [0.4, 0.5) is 0 Å². The number of quaternary nitrogens is 1. The Morgan fingerprint density at radius 2 is 1.05 bits per heavy atom. The molecular formula is C8H15BNO9+. The molecule has 11 heteroatoms. The third-order valence-corrected chi connectivity index (χ3v) is 0.765. The maximum Gasteiger partial charge on any atom is 0.789 e. The summed E-state index contributed by atoms with van der Waals surface area (Å²) in [4.78, 5) is 40.0. The topological polar surface area (TPSA) is 147 Å². The summed E-state index contributed by atoms with van der Waals surface area (Å²) in [5.41, 5.74) is 0. The van der Waals surface area contributed by atoms with E-state index < -0.39 is 31.2 Å². The summed E-state index contributed by atoms with van der Waals surface area (Å²) in [5, 5.41) is 24.3. The molecule has 0 heterocycles. The highest BCUT2D eigenvalue weighted by atomic mass is 16.7. The molecule has 0 aliphatic rings. The summed E-state index contributed by atoms with van der Waals surface area (Å²) in [5.74, 6) is -7.85. The van der Waals surface area contributed by atoms with Gasteiger partial charge in [0, 0.05) is 0 Å². The average Bonchev–Trinajstić information content (AvgIpc) is 2.13. The number of rotatable bonds is 2. The maximum absolute atomic E-state index is 10.2. The monoisotopic (exact) mass is 280 g/mol. The molecule has 0 spiro atoms. The van der Waals surface area contributed by atoms with Gasteiger partial charge in [0.1, 0.15) is 0 Å². The van der Waals surface area contributed by atoms with Crippen LogP contribution in [0, 0.1) is 0 Å². The minimum Gasteiger partial charge on any atom is -0.473 e. The first-order valence-electron chi connectivity index (χ1n) is 4.69. The summed E-state index contributed by atoms with van der Waals surface area (Å²) >= 11 is 0. The number of nitrogens with zero attached hydrogens (tertiary/aromatic N) is 1. The molecule has 0 aromatic heterocycles. The van der Waals surface area contributed by atoms with Gasteiger partial charge in [0.05, 0.1) is 28.2 Å². The molecule has 3 N–H and O–H groups in total. The van der Waals surface area contributed by atoms with E-state index in [1.807, 2.05) is 0 Å². The van der Waals surface area contributed by atoms with Gasteiger partial charge < -0.3 is 29.0 Å². The zero-order valence-corrected chi connectivity index (χ0v) is 10.8. The van der Waals surface area contributed by atoms with Gasteiger partial charge >= 0.3 is 31.2 Å². The van der Waals surface area contributed by atoms with E-state index in [0.29, 0.717) is 0 Å². The molecular weight excluding hydrogens is 265 g/mol. The van der Waals surface area contributed by atoms with Crippen LogP contribution in [0.15, 0.2) is 0 Å². The van der Waals surface area contributed by atoms with Gasteiger partial charge in [-0.05, 0) is 0 Å². The minimum absolute atomic E-state index is 1.00. The molecule has 0 fully saturated rings. The molecule has 0 aromatic carbocycles. The predicted molar refractivity (Wildman–Crippen MR) is 59.4 cm³/mol. The summed E-state index contributed by atoms with van der Waals surface area (Å²) in [7, 11) is 5.93. The number of aliphatic carboxylic acids is 2. The first kappa shape index (κ1) is 19.2. The number of hydrogen-bond acceptors (Lipinski definition) is 7. The molecule has 0 aliphatic carbocycles. The van der Waals surface area contributed by atoms with E-state index in [1.54, 1.807) is 0 Å². The smallest absolute Gasteiger partial charge is 0.473 e. The number of carbonyl (C=O) groups excluding carboxylic acids is 2. The second-order valence-electron chi connectivity index (χ2n) is 4.41. The van der Waals surface area contributed by atoms with Gasteiger partial charge in [-0.15, -0.1) is 0 Å². The van der Waals surface area contributed by atoms with Crippen LogP contribution in [0.3, 0.4) is 0 Å². The molecule has 0 saturated carbocycles. The van der Waals surface area contributed by atoms with Crippen LogP contribution in [0.25, 0.3) is 0 Å². The largest absolute Gasteiger partial charge is 0.789 e. The van der Waals surface area contributed by atoms with Gasteiger partial charge in [-0.3, -0.25) is 0 Å². The number of carboxylic acid groups (broad SMARTS) is 2. The number of hydrogen-bond donors (Lipinski definition) is 3. The van der Waals surface area contributed by atoms with E-state index in [-0.39, 0.29) is 0 Å². The quantitative estimate of drug-likeness (QED) is 0.284. The van der Waals surface area contributed by atoms with Crippen molar-refractivity contribution in [1.29, 1.82) is 0 Å². The van der Waals surface area contributed by atoms with Crippen molar-refractivity contribution in [3.8, 4) is 0 Å². The van der Waals surface area contributed by atoms with Crippen LogP contribution in [0.2, 0.25) is 0 Å². The van der Waals surface area contributed by atoms with E-state index in [1.165, 1.54) is 0 Å². The Hall–Kier alpha value is -2.14. The Kier molecular flexibility index (Phi) is 8.14. The molecule has 0 radical (unpaired) electrons. The second-order valence-corrected chi connectivity index (χ2v) is 4.41. The Labute approximate surface area is 108 Å². The molecule has 0 saturated heterocycles. The van der Waals surface area contributed by atoms with Crippen molar-refractivity contribution in [2.24, 2.45) is 0 Å². The van der Waals surface area contributed by atoms with Gasteiger partial charge in [-0.1, -0.05) is 0 Å². The van der Waals surface area contributed by atoms with Crippen molar-refractivity contribution in [3.05, 3.63) is 0 Å². The zero-order chi connectivity index (χ0) is 15.8. The van der Waals surface area contributed by atoms with Crippen molar-refractivity contribution < 1.29 is 48.2 Å². The fraction of sp³-hybridized carbons (Fsp3) is 0.500. The van der Waals surface area contributed by atoms with Crippen molar-refractivity contribution in [2.45, 2.75) is 0 Å². The minimum atomic E-state index is -2.57. The van der Waals surface area contributed by atoms with Gasteiger partial charge in [0.25, 0.3) is 0 Å². The number of carboxylic acids is 2. The van der Waals surface area contributed by atoms with Crippen molar-refractivity contribution in [2.75, 3.05) is 28.2 Å². The molecule has 0 unspecified atom stereocenters. The van der Waals surface area contributed by atoms with Gasteiger partial charge in [0.2, 0.25) is 0 Å². The third-order valence-electron chi connectivity index (χ3n) is 0.765. The fourth-order valence-corrected chi connectivity index (χ4v) is 0.308. The molecule has 108 valence electrons. The van der Waals surface area contributed by atoms with Crippen LogP contribution in [-0.4, -0.2) is 79.1 Å². The number of carbonyl (C=O) groups is 4. The molecule has 0 atom stereocenters. The van der Waals surface area contributed by atoms with Crippen molar-refractivity contribution >= 4 is 31.2 Å². The lowest BCUT2D eigenvalue weighted by molar-refractivity contribution is -0.849. The summed E-state index contributed by atoms with van der Waals surface area (Å²) in [6.45, 7) is 0. The van der Waals surface area contributed by atoms with E-state index in [2.05, 4.69) is 37.5 Å². The highest BCUT2D eigenvalue weighted by Crippen LogP contribution is 1.88. The lowest BCUT2D eigenvalue weighted by atomic mass is 10.2. The lowest BCUT2D eigenvalue weighted by Crippen LogP contribution is -2.34. The van der Waals surface area contributed by atoms with Gasteiger partial charge in [0.15, 0.2) is 0 Å². The molecule has 0 amide bonds. The highest BCUT2D eigenvalue weighted by molar-refractivity contribution is 6.48. The van der Waals surface area contributed by atoms with Crippen LogP contribution >= 0.6 is 0 Å². The van der Waals surface area contributed by atoms with Crippen molar-refractivity contribution in [3.63, 3.8) is 0 Å². The second kappa shape index (κ2) is 8.05. The SMILES string of the molecule is C[N+](C)(C)C.O=C(O)C(=O)OB(O)OC(=O)C(=O)O. The Morgan fingerprint density at radius 1 is 0.842 bits per heavy atom. The molecule has 19 heavy (non-hydrogen) atoms. The van der Waals surface area contributed by atoms with E-state index >= 15 is 0 Å². The van der Waals surface area contributed by atoms with Crippen LogP contribution < -0.4 is 0 Å².